The van der Waals surface area contributed by atoms with E-state index >= 15 is 0 Å². The number of halogens is 1. The van der Waals surface area contributed by atoms with Crippen LogP contribution in [0.15, 0.2) is 66.9 Å². The van der Waals surface area contributed by atoms with Crippen LogP contribution in [-0.2, 0) is 6.54 Å². The molecule has 0 aliphatic rings. The van der Waals surface area contributed by atoms with Gasteiger partial charge in [-0.2, -0.15) is 0 Å². The number of amides is 1. The Morgan fingerprint density at radius 2 is 1.92 bits per heavy atom. The van der Waals surface area contributed by atoms with E-state index in [1.54, 1.807) is 36.5 Å². The molecule has 2 N–H and O–H groups in total. The highest BCUT2D eigenvalue weighted by molar-refractivity contribution is 6.31. The van der Waals surface area contributed by atoms with E-state index in [-0.39, 0.29) is 5.91 Å². The van der Waals surface area contributed by atoms with Crippen LogP contribution in [0.25, 0.3) is 0 Å². The second-order valence-corrected chi connectivity index (χ2v) is 5.97. The maximum Gasteiger partial charge on any atom is 0.259 e. The Morgan fingerprint density at radius 3 is 2.69 bits per heavy atom. The van der Waals surface area contributed by atoms with E-state index in [0.717, 1.165) is 5.56 Å². The Kier molecular flexibility index (Phi) is 5.71. The minimum Gasteiger partial charge on any atom is -0.495 e. The molecule has 132 valence electrons. The Labute approximate surface area is 157 Å². The van der Waals surface area contributed by atoms with Crippen molar-refractivity contribution in [2.24, 2.45) is 0 Å². The molecule has 2 aromatic carbocycles. The number of aromatic nitrogens is 1. The smallest absolute Gasteiger partial charge is 0.259 e. The molecule has 6 heteroatoms. The summed E-state index contributed by atoms with van der Waals surface area (Å²) < 4.78 is 5.27. The van der Waals surface area contributed by atoms with Crippen molar-refractivity contribution in [3.8, 4) is 5.75 Å². The van der Waals surface area contributed by atoms with Crippen LogP contribution < -0.4 is 15.4 Å². The van der Waals surface area contributed by atoms with Crippen LogP contribution in [0.3, 0.4) is 0 Å². The summed E-state index contributed by atoms with van der Waals surface area (Å²) in [6.07, 6.45) is 1.64. The molecule has 0 bridgehead atoms. The number of carbonyl (C=O) groups excluding carboxylic acids is 1. The summed E-state index contributed by atoms with van der Waals surface area (Å²) in [5, 5.41) is 6.54. The van der Waals surface area contributed by atoms with Gasteiger partial charge in [-0.1, -0.05) is 41.9 Å². The first-order valence-electron chi connectivity index (χ1n) is 8.05. The first-order valence-corrected chi connectivity index (χ1v) is 8.43. The van der Waals surface area contributed by atoms with Crippen LogP contribution in [0.4, 0.5) is 11.5 Å². The number of hydrogen-bond donors (Lipinski definition) is 2. The fourth-order valence-electron chi connectivity index (χ4n) is 2.48. The normalized spacial score (nSPS) is 10.2. The van der Waals surface area contributed by atoms with Crippen molar-refractivity contribution in [2.45, 2.75) is 6.54 Å². The van der Waals surface area contributed by atoms with Crippen LogP contribution in [0, 0.1) is 0 Å². The first-order chi connectivity index (χ1) is 12.7. The van der Waals surface area contributed by atoms with E-state index in [9.17, 15) is 4.79 Å². The number of methoxy groups -OCH3 is 1. The van der Waals surface area contributed by atoms with Gasteiger partial charge in [0.2, 0.25) is 0 Å². The Balaban J connectivity index is 1.79. The van der Waals surface area contributed by atoms with Gasteiger partial charge in [-0.3, -0.25) is 4.79 Å². The van der Waals surface area contributed by atoms with Gasteiger partial charge in [0.15, 0.2) is 0 Å². The molecule has 0 saturated carbocycles. The molecule has 1 heterocycles. The fraction of sp³-hybridized carbons (Fsp3) is 0.100. The van der Waals surface area contributed by atoms with Gasteiger partial charge in [-0.15, -0.1) is 0 Å². The molecule has 0 atom stereocenters. The number of carbonyl (C=O) groups is 1. The molecule has 0 saturated heterocycles. The molecule has 3 rings (SSSR count). The zero-order chi connectivity index (χ0) is 18.4. The Hall–Kier alpha value is -3.05. The maximum atomic E-state index is 12.7. The number of nitrogens with zero attached hydrogens (tertiary/aromatic N) is 1. The van der Waals surface area contributed by atoms with Crippen molar-refractivity contribution in [1.29, 1.82) is 0 Å². The van der Waals surface area contributed by atoms with Crippen LogP contribution in [0.2, 0.25) is 5.02 Å². The lowest BCUT2D eigenvalue weighted by atomic mass is 10.2. The second kappa shape index (κ2) is 8.36. The number of rotatable bonds is 6. The minimum atomic E-state index is -0.297. The fourth-order valence-corrected chi connectivity index (χ4v) is 2.65. The van der Waals surface area contributed by atoms with E-state index in [1.807, 2.05) is 30.3 Å². The van der Waals surface area contributed by atoms with Crippen LogP contribution >= 0.6 is 11.6 Å². The largest absolute Gasteiger partial charge is 0.495 e. The van der Waals surface area contributed by atoms with Crippen molar-refractivity contribution in [2.75, 3.05) is 17.7 Å². The number of anilines is 2. The lowest BCUT2D eigenvalue weighted by molar-refractivity contribution is 0.102. The van der Waals surface area contributed by atoms with Crippen molar-refractivity contribution in [3.05, 3.63) is 83.0 Å². The van der Waals surface area contributed by atoms with Crippen LogP contribution in [-0.4, -0.2) is 18.0 Å². The molecular weight excluding hydrogens is 350 g/mol. The molecule has 5 nitrogen and oxygen atoms in total. The number of benzene rings is 2. The number of ether oxygens (including phenoxy) is 1. The van der Waals surface area contributed by atoms with E-state index in [1.165, 1.54) is 7.11 Å². The van der Waals surface area contributed by atoms with Crippen LogP contribution in [0.5, 0.6) is 5.75 Å². The zero-order valence-electron chi connectivity index (χ0n) is 14.2. The van der Waals surface area contributed by atoms with E-state index in [2.05, 4.69) is 15.6 Å². The molecule has 0 radical (unpaired) electrons. The summed E-state index contributed by atoms with van der Waals surface area (Å²) in [5.74, 6) is 0.745. The SMILES string of the molecule is COc1ccc(Cl)cc1NC(=O)c1cccnc1NCc1ccccc1. The van der Waals surface area contributed by atoms with Gasteiger partial charge in [0.1, 0.15) is 11.6 Å². The molecule has 1 amide bonds. The summed E-state index contributed by atoms with van der Waals surface area (Å²) in [4.78, 5) is 17.0. The monoisotopic (exact) mass is 367 g/mol. The average molecular weight is 368 g/mol. The third kappa shape index (κ3) is 4.32. The van der Waals surface area contributed by atoms with Crippen molar-refractivity contribution >= 4 is 29.0 Å². The molecule has 0 aliphatic heterocycles. The quantitative estimate of drug-likeness (QED) is 0.668. The highest BCUT2D eigenvalue weighted by Gasteiger charge is 2.15. The standard InChI is InChI=1S/C20H18ClN3O2/c1-26-18-10-9-15(21)12-17(18)24-20(25)16-8-5-11-22-19(16)23-13-14-6-3-2-4-7-14/h2-12H,13H2,1H3,(H,22,23)(H,24,25). The van der Waals surface area contributed by atoms with E-state index < -0.39 is 0 Å². The number of nitrogens with one attached hydrogen (secondary N) is 2. The lowest BCUT2D eigenvalue weighted by Gasteiger charge is -2.13. The molecule has 0 spiro atoms. The highest BCUT2D eigenvalue weighted by Crippen LogP contribution is 2.28. The third-order valence-corrected chi connectivity index (χ3v) is 4.00. The summed E-state index contributed by atoms with van der Waals surface area (Å²) >= 11 is 6.02. The lowest BCUT2D eigenvalue weighted by Crippen LogP contribution is -2.16. The molecular formula is C20H18ClN3O2. The van der Waals surface area contributed by atoms with Gasteiger partial charge >= 0.3 is 0 Å². The first kappa shape index (κ1) is 17.8. The topological polar surface area (TPSA) is 63.2 Å². The van der Waals surface area contributed by atoms with Crippen LogP contribution in [0.1, 0.15) is 15.9 Å². The molecule has 26 heavy (non-hydrogen) atoms. The van der Waals surface area contributed by atoms with Gasteiger partial charge in [-0.25, -0.2) is 4.98 Å². The Bertz CT molecular complexity index is 901. The van der Waals surface area contributed by atoms with Gasteiger partial charge in [0, 0.05) is 17.8 Å². The molecule has 0 aliphatic carbocycles. The second-order valence-electron chi connectivity index (χ2n) is 5.54. The maximum absolute atomic E-state index is 12.7. The summed E-state index contributed by atoms with van der Waals surface area (Å²) in [6.45, 7) is 0.568. The van der Waals surface area contributed by atoms with Gasteiger partial charge < -0.3 is 15.4 Å². The zero-order valence-corrected chi connectivity index (χ0v) is 15.0. The van der Waals surface area contributed by atoms with Gasteiger partial charge in [0.05, 0.1) is 18.4 Å². The highest BCUT2D eigenvalue weighted by atomic mass is 35.5. The average Bonchev–Trinajstić information content (AvgIpc) is 2.67. The number of pyridine rings is 1. The summed E-state index contributed by atoms with van der Waals surface area (Å²) in [7, 11) is 1.54. The third-order valence-electron chi connectivity index (χ3n) is 3.76. The molecule has 3 aromatic rings. The molecule has 0 unspecified atom stereocenters. The minimum absolute atomic E-state index is 0.297. The van der Waals surface area contributed by atoms with E-state index in [0.29, 0.717) is 34.4 Å². The van der Waals surface area contributed by atoms with E-state index in [4.69, 9.17) is 16.3 Å². The van der Waals surface area contributed by atoms with Crippen molar-refractivity contribution in [3.63, 3.8) is 0 Å². The molecule has 1 aromatic heterocycles. The van der Waals surface area contributed by atoms with Crippen molar-refractivity contribution in [1.82, 2.24) is 4.98 Å². The van der Waals surface area contributed by atoms with Gasteiger partial charge in [-0.05, 0) is 35.9 Å². The summed E-state index contributed by atoms with van der Waals surface area (Å²) in [6, 6.07) is 18.4. The van der Waals surface area contributed by atoms with Gasteiger partial charge in [0.25, 0.3) is 5.91 Å². The van der Waals surface area contributed by atoms with Crippen molar-refractivity contribution < 1.29 is 9.53 Å². The predicted octanol–water partition coefficient (Wildman–Crippen LogP) is 4.61. The predicted molar refractivity (Wildman–Crippen MR) is 104 cm³/mol. The Morgan fingerprint density at radius 1 is 1.12 bits per heavy atom. The number of hydrogen-bond acceptors (Lipinski definition) is 4. The summed E-state index contributed by atoms with van der Waals surface area (Å²) in [5.41, 5.74) is 2.04. The molecule has 0 fully saturated rings.